The van der Waals surface area contributed by atoms with Crippen molar-refractivity contribution in [1.29, 1.82) is 0 Å². The van der Waals surface area contributed by atoms with Crippen LogP contribution in [0.3, 0.4) is 0 Å². The second-order valence-corrected chi connectivity index (χ2v) is 4.42. The Morgan fingerprint density at radius 2 is 1.79 bits per heavy atom. The lowest BCUT2D eigenvalue weighted by atomic mass is 10.0. The molecule has 0 unspecified atom stereocenters. The SMILES string of the molecule is CC(=O)[C@H]1C(=O)NC(=O)N(c2ccc(Cl)cc2)C1=O. The molecule has 1 N–H and O–H groups in total. The first-order chi connectivity index (χ1) is 8.91. The van der Waals surface area contributed by atoms with Gasteiger partial charge in [-0.3, -0.25) is 19.7 Å². The lowest BCUT2D eigenvalue weighted by molar-refractivity contribution is -0.140. The molecular weight excluding hydrogens is 272 g/mol. The van der Waals surface area contributed by atoms with Crippen LogP contribution in [0.5, 0.6) is 0 Å². The van der Waals surface area contributed by atoms with Crippen LogP contribution in [0, 0.1) is 5.92 Å². The Balaban J connectivity index is 2.41. The van der Waals surface area contributed by atoms with Gasteiger partial charge in [0.1, 0.15) is 0 Å². The van der Waals surface area contributed by atoms with Crippen molar-refractivity contribution in [3.8, 4) is 0 Å². The average molecular weight is 281 g/mol. The number of imide groups is 2. The Morgan fingerprint density at radius 3 is 2.32 bits per heavy atom. The number of benzene rings is 1. The number of carbonyl (C=O) groups is 4. The normalized spacial score (nSPS) is 19.4. The third kappa shape index (κ3) is 2.34. The predicted octanol–water partition coefficient (Wildman–Crippen LogP) is 1.13. The Kier molecular flexibility index (Phi) is 3.35. The maximum absolute atomic E-state index is 12.1. The lowest BCUT2D eigenvalue weighted by Crippen LogP contribution is -2.59. The van der Waals surface area contributed by atoms with Gasteiger partial charge in [0, 0.05) is 5.02 Å². The third-order valence-corrected chi connectivity index (χ3v) is 2.91. The number of barbiturate groups is 1. The summed E-state index contributed by atoms with van der Waals surface area (Å²) in [5.74, 6) is -3.86. The van der Waals surface area contributed by atoms with Crippen molar-refractivity contribution in [2.45, 2.75) is 6.92 Å². The molecule has 7 heteroatoms. The summed E-state index contributed by atoms with van der Waals surface area (Å²) in [6.07, 6.45) is 0. The van der Waals surface area contributed by atoms with Gasteiger partial charge in [-0.1, -0.05) is 11.6 Å². The van der Waals surface area contributed by atoms with E-state index in [1.165, 1.54) is 24.3 Å². The van der Waals surface area contributed by atoms with E-state index in [0.717, 1.165) is 11.8 Å². The van der Waals surface area contributed by atoms with Crippen molar-refractivity contribution in [2.75, 3.05) is 4.90 Å². The van der Waals surface area contributed by atoms with Gasteiger partial charge in [-0.15, -0.1) is 0 Å². The fourth-order valence-electron chi connectivity index (χ4n) is 1.77. The summed E-state index contributed by atoms with van der Waals surface area (Å²) in [5.41, 5.74) is 0.241. The van der Waals surface area contributed by atoms with Gasteiger partial charge in [0.2, 0.25) is 5.91 Å². The van der Waals surface area contributed by atoms with Gasteiger partial charge >= 0.3 is 6.03 Å². The topological polar surface area (TPSA) is 83.6 Å². The van der Waals surface area contributed by atoms with Crippen LogP contribution in [-0.2, 0) is 14.4 Å². The largest absolute Gasteiger partial charge is 0.335 e. The van der Waals surface area contributed by atoms with E-state index in [9.17, 15) is 19.2 Å². The van der Waals surface area contributed by atoms with Gasteiger partial charge in [0.15, 0.2) is 11.7 Å². The number of nitrogens with zero attached hydrogens (tertiary/aromatic N) is 1. The molecule has 1 aliphatic rings. The zero-order valence-corrected chi connectivity index (χ0v) is 10.6. The molecule has 1 aliphatic heterocycles. The first-order valence-corrected chi connectivity index (χ1v) is 5.74. The first-order valence-electron chi connectivity index (χ1n) is 5.36. The lowest BCUT2D eigenvalue weighted by Gasteiger charge is -2.28. The van der Waals surface area contributed by atoms with Crippen LogP contribution < -0.4 is 10.2 Å². The maximum atomic E-state index is 12.1. The van der Waals surface area contributed by atoms with Gasteiger partial charge in [-0.2, -0.15) is 0 Å². The molecule has 0 radical (unpaired) electrons. The minimum Gasteiger partial charge on any atom is -0.299 e. The van der Waals surface area contributed by atoms with Crippen molar-refractivity contribution in [1.82, 2.24) is 5.32 Å². The van der Waals surface area contributed by atoms with Crippen LogP contribution in [-0.4, -0.2) is 23.6 Å². The number of Topliss-reactive ketones (excluding diaryl/α,β-unsaturated/α-hetero) is 1. The molecule has 4 amide bonds. The molecule has 2 rings (SSSR count). The fraction of sp³-hybridized carbons (Fsp3) is 0.167. The van der Waals surface area contributed by atoms with Crippen LogP contribution in [0.1, 0.15) is 6.92 Å². The molecule has 0 aromatic heterocycles. The van der Waals surface area contributed by atoms with Gasteiger partial charge in [-0.05, 0) is 31.2 Å². The predicted molar refractivity (Wildman–Crippen MR) is 66.6 cm³/mol. The molecule has 1 saturated heterocycles. The van der Waals surface area contributed by atoms with E-state index in [1.54, 1.807) is 0 Å². The smallest absolute Gasteiger partial charge is 0.299 e. The Hall–Kier alpha value is -2.21. The molecule has 98 valence electrons. The number of rotatable bonds is 2. The van der Waals surface area contributed by atoms with Crippen LogP contribution in [0.2, 0.25) is 5.02 Å². The average Bonchev–Trinajstić information content (AvgIpc) is 2.30. The Bertz CT molecular complexity index is 582. The Labute approximate surface area is 113 Å². The minimum absolute atomic E-state index is 0.241. The minimum atomic E-state index is -1.49. The van der Waals surface area contributed by atoms with Crippen molar-refractivity contribution >= 4 is 40.9 Å². The molecule has 0 spiro atoms. The molecular formula is C12H9ClN2O4. The first kappa shape index (κ1) is 13.2. The zero-order chi connectivity index (χ0) is 14.2. The molecule has 0 bridgehead atoms. The molecule has 1 heterocycles. The van der Waals surface area contributed by atoms with Gasteiger partial charge in [-0.25, -0.2) is 9.69 Å². The zero-order valence-electron chi connectivity index (χ0n) is 9.84. The molecule has 19 heavy (non-hydrogen) atoms. The number of nitrogens with one attached hydrogen (secondary N) is 1. The van der Waals surface area contributed by atoms with Crippen molar-refractivity contribution in [3.05, 3.63) is 29.3 Å². The van der Waals surface area contributed by atoms with E-state index in [1.807, 2.05) is 5.32 Å². The highest BCUT2D eigenvalue weighted by Gasteiger charge is 2.43. The number of hydrogen-bond donors (Lipinski definition) is 1. The van der Waals surface area contributed by atoms with E-state index in [0.29, 0.717) is 5.02 Å². The highest BCUT2D eigenvalue weighted by Crippen LogP contribution is 2.22. The van der Waals surface area contributed by atoms with Gasteiger partial charge in [0.25, 0.3) is 5.91 Å². The number of urea groups is 1. The van der Waals surface area contributed by atoms with Gasteiger partial charge < -0.3 is 0 Å². The van der Waals surface area contributed by atoms with E-state index >= 15 is 0 Å². The number of halogens is 1. The second kappa shape index (κ2) is 4.81. The highest BCUT2D eigenvalue weighted by molar-refractivity contribution is 6.34. The second-order valence-electron chi connectivity index (χ2n) is 3.99. The summed E-state index contributed by atoms with van der Waals surface area (Å²) in [6.45, 7) is 1.12. The number of amides is 4. The number of ketones is 1. The number of carbonyl (C=O) groups excluding carboxylic acids is 4. The van der Waals surface area contributed by atoms with E-state index in [-0.39, 0.29) is 5.69 Å². The molecule has 1 fully saturated rings. The maximum Gasteiger partial charge on any atom is 0.335 e. The fourth-order valence-corrected chi connectivity index (χ4v) is 1.89. The van der Waals surface area contributed by atoms with E-state index < -0.39 is 29.5 Å². The summed E-state index contributed by atoms with van der Waals surface area (Å²) >= 11 is 5.71. The van der Waals surface area contributed by atoms with Gasteiger partial charge in [0.05, 0.1) is 5.69 Å². The number of hydrogen-bond acceptors (Lipinski definition) is 4. The van der Waals surface area contributed by atoms with E-state index in [2.05, 4.69) is 0 Å². The standard InChI is InChI=1S/C12H9ClN2O4/c1-6(16)9-10(17)14-12(19)15(11(9)18)8-4-2-7(13)3-5-8/h2-5,9H,1H3,(H,14,17,19)/t9-/m0/s1. The van der Waals surface area contributed by atoms with Crippen LogP contribution in [0.25, 0.3) is 0 Å². The monoisotopic (exact) mass is 280 g/mol. The summed E-state index contributed by atoms with van der Waals surface area (Å²) in [6, 6.07) is 5.02. The molecule has 1 aromatic rings. The van der Waals surface area contributed by atoms with Crippen LogP contribution in [0.4, 0.5) is 10.5 Å². The highest BCUT2D eigenvalue weighted by atomic mass is 35.5. The molecule has 6 nitrogen and oxygen atoms in total. The summed E-state index contributed by atoms with van der Waals surface area (Å²) in [4.78, 5) is 47.3. The third-order valence-electron chi connectivity index (χ3n) is 2.65. The summed E-state index contributed by atoms with van der Waals surface area (Å²) in [5, 5.41) is 2.42. The molecule has 1 atom stereocenters. The van der Waals surface area contributed by atoms with Crippen LogP contribution >= 0.6 is 11.6 Å². The summed E-state index contributed by atoms with van der Waals surface area (Å²) < 4.78 is 0. The quantitative estimate of drug-likeness (QED) is 0.823. The molecule has 1 aromatic carbocycles. The number of anilines is 1. The molecule has 0 aliphatic carbocycles. The van der Waals surface area contributed by atoms with Crippen LogP contribution in [0.15, 0.2) is 24.3 Å². The van der Waals surface area contributed by atoms with E-state index in [4.69, 9.17) is 11.6 Å². The Morgan fingerprint density at radius 1 is 1.21 bits per heavy atom. The van der Waals surface area contributed by atoms with Crippen molar-refractivity contribution in [2.24, 2.45) is 5.92 Å². The van der Waals surface area contributed by atoms with Crippen molar-refractivity contribution < 1.29 is 19.2 Å². The molecule has 0 saturated carbocycles. The summed E-state index contributed by atoms with van der Waals surface area (Å²) in [7, 11) is 0. The van der Waals surface area contributed by atoms with Crippen molar-refractivity contribution in [3.63, 3.8) is 0 Å².